The van der Waals surface area contributed by atoms with Crippen LogP contribution in [0, 0.1) is 5.92 Å². The highest BCUT2D eigenvalue weighted by molar-refractivity contribution is 5.94. The highest BCUT2D eigenvalue weighted by Gasteiger charge is 2.06. The van der Waals surface area contributed by atoms with Crippen LogP contribution in [0.4, 0.5) is 0 Å². The van der Waals surface area contributed by atoms with E-state index in [1.807, 2.05) is 38.4 Å². The number of rotatable bonds is 8. The first-order chi connectivity index (χ1) is 12.0. The Morgan fingerprint density at radius 1 is 1.04 bits per heavy atom. The third-order valence-corrected chi connectivity index (χ3v) is 4.12. The van der Waals surface area contributed by atoms with Gasteiger partial charge in [0.25, 0.3) is 5.91 Å². The third kappa shape index (κ3) is 6.35. The first-order valence-corrected chi connectivity index (χ1v) is 9.08. The summed E-state index contributed by atoms with van der Waals surface area (Å²) in [6.45, 7) is 6.15. The molecule has 134 valence electrons. The maximum atomic E-state index is 12.2. The number of hydrogen-bond acceptors (Lipinski definition) is 2. The lowest BCUT2D eigenvalue weighted by Crippen LogP contribution is -2.27. The molecule has 0 aliphatic heterocycles. The van der Waals surface area contributed by atoms with Gasteiger partial charge in [0.15, 0.2) is 0 Å². The molecular weight excluding hydrogens is 308 g/mol. The lowest BCUT2D eigenvalue weighted by Gasteiger charge is -2.10. The molecule has 0 fully saturated rings. The quantitative estimate of drug-likeness (QED) is 0.730. The van der Waals surface area contributed by atoms with Crippen LogP contribution in [0.25, 0.3) is 11.1 Å². The Morgan fingerprint density at radius 2 is 1.76 bits per heavy atom. The van der Waals surface area contributed by atoms with Crippen molar-refractivity contribution in [3.63, 3.8) is 0 Å². The van der Waals surface area contributed by atoms with Crippen molar-refractivity contribution in [3.8, 4) is 11.1 Å². The number of carbonyl (C=O) groups is 1. The van der Waals surface area contributed by atoms with Crippen LogP contribution in [0.1, 0.15) is 36.2 Å². The number of amides is 1. The Bertz CT molecular complexity index is 675. The summed E-state index contributed by atoms with van der Waals surface area (Å²) >= 11 is 0. The van der Waals surface area contributed by atoms with E-state index >= 15 is 0 Å². The van der Waals surface area contributed by atoms with Gasteiger partial charge >= 0.3 is 0 Å². The second-order valence-corrected chi connectivity index (χ2v) is 7.29. The average molecular weight is 338 g/mol. The molecule has 1 N–H and O–H groups in total. The molecule has 2 aromatic rings. The van der Waals surface area contributed by atoms with Gasteiger partial charge in [0, 0.05) is 12.1 Å². The van der Waals surface area contributed by atoms with Gasteiger partial charge in [0.1, 0.15) is 0 Å². The van der Waals surface area contributed by atoms with Crippen molar-refractivity contribution in [1.82, 2.24) is 10.2 Å². The second-order valence-electron chi connectivity index (χ2n) is 7.29. The molecule has 0 unspecified atom stereocenters. The number of benzene rings is 2. The van der Waals surface area contributed by atoms with Gasteiger partial charge in [-0.2, -0.15) is 0 Å². The molecule has 0 heterocycles. The lowest BCUT2D eigenvalue weighted by molar-refractivity contribution is 0.0952. The fourth-order valence-corrected chi connectivity index (χ4v) is 2.86. The molecule has 2 rings (SSSR count). The molecule has 1 amide bonds. The van der Waals surface area contributed by atoms with E-state index in [4.69, 9.17) is 0 Å². The molecule has 0 aliphatic rings. The average Bonchev–Trinajstić information content (AvgIpc) is 2.58. The molecule has 0 atom stereocenters. The summed E-state index contributed by atoms with van der Waals surface area (Å²) in [4.78, 5) is 14.3. The molecule has 0 aliphatic carbocycles. The fourth-order valence-electron chi connectivity index (χ4n) is 2.86. The predicted molar refractivity (Wildman–Crippen MR) is 106 cm³/mol. The monoisotopic (exact) mass is 338 g/mol. The summed E-state index contributed by atoms with van der Waals surface area (Å²) in [6, 6.07) is 16.5. The van der Waals surface area contributed by atoms with Crippen LogP contribution in [0.5, 0.6) is 0 Å². The summed E-state index contributed by atoms with van der Waals surface area (Å²) in [5.74, 6) is 0.646. The number of nitrogens with zero attached hydrogens (tertiary/aromatic N) is 1. The van der Waals surface area contributed by atoms with Gasteiger partial charge in [0.2, 0.25) is 0 Å². The van der Waals surface area contributed by atoms with Crippen LogP contribution in [0.3, 0.4) is 0 Å². The number of hydrogen-bond donors (Lipinski definition) is 1. The molecule has 3 heteroatoms. The lowest BCUT2D eigenvalue weighted by atomic mass is 9.97. The standard InChI is InChI=1S/C22H30N2O/c1-17(2)15-18-7-5-8-21(16-18)19-9-11-20(12-10-19)22(25)23-13-6-14-24(3)4/h5,7-12,16-17H,6,13-15H2,1-4H3,(H,23,25). The predicted octanol–water partition coefficient (Wildman–Crippen LogP) is 4.23. The molecule has 0 radical (unpaired) electrons. The van der Waals surface area contributed by atoms with Crippen molar-refractivity contribution in [1.29, 1.82) is 0 Å². The van der Waals surface area contributed by atoms with Gasteiger partial charge in [-0.1, -0.05) is 50.2 Å². The normalized spacial score (nSPS) is 11.1. The van der Waals surface area contributed by atoms with E-state index in [9.17, 15) is 4.79 Å². The zero-order valence-corrected chi connectivity index (χ0v) is 15.9. The molecule has 0 spiro atoms. The Hall–Kier alpha value is -2.13. The van der Waals surface area contributed by atoms with E-state index in [0.717, 1.165) is 24.9 Å². The summed E-state index contributed by atoms with van der Waals surface area (Å²) in [5, 5.41) is 2.98. The highest BCUT2D eigenvalue weighted by atomic mass is 16.1. The zero-order chi connectivity index (χ0) is 18.2. The Morgan fingerprint density at radius 3 is 2.40 bits per heavy atom. The van der Waals surface area contributed by atoms with E-state index in [1.54, 1.807) is 0 Å². The molecule has 25 heavy (non-hydrogen) atoms. The van der Waals surface area contributed by atoms with Crippen molar-refractivity contribution in [2.24, 2.45) is 5.92 Å². The van der Waals surface area contributed by atoms with Crippen LogP contribution in [0.2, 0.25) is 0 Å². The van der Waals surface area contributed by atoms with Gasteiger partial charge in [0.05, 0.1) is 0 Å². The van der Waals surface area contributed by atoms with Crippen LogP contribution in [0.15, 0.2) is 48.5 Å². The molecular formula is C22H30N2O. The highest BCUT2D eigenvalue weighted by Crippen LogP contribution is 2.22. The van der Waals surface area contributed by atoms with E-state index < -0.39 is 0 Å². The van der Waals surface area contributed by atoms with Crippen molar-refractivity contribution in [2.45, 2.75) is 26.7 Å². The SMILES string of the molecule is CC(C)Cc1cccc(-c2ccc(C(=O)NCCCN(C)C)cc2)c1. The van der Waals surface area contributed by atoms with E-state index in [-0.39, 0.29) is 5.91 Å². The molecule has 0 bridgehead atoms. The zero-order valence-electron chi connectivity index (χ0n) is 15.9. The summed E-state index contributed by atoms with van der Waals surface area (Å²) < 4.78 is 0. The molecule has 0 saturated heterocycles. The third-order valence-electron chi connectivity index (χ3n) is 4.12. The minimum atomic E-state index is -0.00105. The van der Waals surface area contributed by atoms with Crippen LogP contribution in [-0.4, -0.2) is 38.0 Å². The largest absolute Gasteiger partial charge is 0.352 e. The molecule has 3 nitrogen and oxygen atoms in total. The topological polar surface area (TPSA) is 32.3 Å². The molecule has 0 aromatic heterocycles. The smallest absolute Gasteiger partial charge is 0.251 e. The van der Waals surface area contributed by atoms with Crippen molar-refractivity contribution < 1.29 is 4.79 Å². The summed E-state index contributed by atoms with van der Waals surface area (Å²) in [6.07, 6.45) is 2.04. The maximum Gasteiger partial charge on any atom is 0.251 e. The maximum absolute atomic E-state index is 12.2. The van der Waals surface area contributed by atoms with Crippen LogP contribution in [-0.2, 0) is 6.42 Å². The first-order valence-electron chi connectivity index (χ1n) is 9.08. The van der Waals surface area contributed by atoms with E-state index in [1.165, 1.54) is 11.1 Å². The number of nitrogens with one attached hydrogen (secondary N) is 1. The number of carbonyl (C=O) groups excluding carboxylic acids is 1. The Kier molecular flexibility index (Phi) is 7.20. The molecule has 0 saturated carbocycles. The van der Waals surface area contributed by atoms with Crippen LogP contribution >= 0.6 is 0 Å². The Balaban J connectivity index is 1.98. The second kappa shape index (κ2) is 9.38. The van der Waals surface area contributed by atoms with Gasteiger partial charge in [-0.05, 0) is 68.2 Å². The van der Waals surface area contributed by atoms with Gasteiger partial charge in [-0.15, -0.1) is 0 Å². The summed E-state index contributed by atoms with van der Waals surface area (Å²) in [5.41, 5.74) is 4.42. The van der Waals surface area contributed by atoms with Crippen molar-refractivity contribution in [2.75, 3.05) is 27.2 Å². The minimum absolute atomic E-state index is 0.00105. The minimum Gasteiger partial charge on any atom is -0.352 e. The van der Waals surface area contributed by atoms with Gasteiger partial charge in [-0.3, -0.25) is 4.79 Å². The van der Waals surface area contributed by atoms with Gasteiger partial charge in [-0.25, -0.2) is 0 Å². The van der Waals surface area contributed by atoms with Crippen LogP contribution < -0.4 is 5.32 Å². The van der Waals surface area contributed by atoms with Crippen molar-refractivity contribution in [3.05, 3.63) is 59.7 Å². The van der Waals surface area contributed by atoms with Gasteiger partial charge < -0.3 is 10.2 Å². The fraction of sp³-hybridized carbons (Fsp3) is 0.409. The first kappa shape index (κ1) is 19.2. The van der Waals surface area contributed by atoms with E-state index in [2.05, 4.69) is 48.3 Å². The summed E-state index contributed by atoms with van der Waals surface area (Å²) in [7, 11) is 4.08. The Labute approximate surface area is 152 Å². The van der Waals surface area contributed by atoms with Crippen molar-refractivity contribution >= 4 is 5.91 Å². The van der Waals surface area contributed by atoms with E-state index in [0.29, 0.717) is 18.0 Å². The molecule has 2 aromatic carbocycles.